The van der Waals surface area contributed by atoms with E-state index < -0.39 is 0 Å². The lowest BCUT2D eigenvalue weighted by Crippen LogP contribution is -2.37. The topological polar surface area (TPSA) is 48.5 Å². The molecule has 0 fully saturated rings. The molecule has 0 aliphatic rings. The molecule has 1 N–H and O–H groups in total. The molecule has 1 aromatic heterocycles. The molecule has 112 valence electrons. The van der Waals surface area contributed by atoms with Gasteiger partial charge in [-0.2, -0.15) is 0 Å². The lowest BCUT2D eigenvalue weighted by molar-refractivity contribution is 0.0739. The second kappa shape index (κ2) is 8.53. The van der Waals surface area contributed by atoms with Crippen LogP contribution in [0.3, 0.4) is 0 Å². The van der Waals surface area contributed by atoms with Crippen molar-refractivity contribution in [3.8, 4) is 0 Å². The highest BCUT2D eigenvalue weighted by Crippen LogP contribution is 2.10. The first kappa shape index (κ1) is 16.4. The van der Waals surface area contributed by atoms with E-state index in [1.165, 1.54) is 0 Å². The Kier molecular flexibility index (Phi) is 7.01. The highest BCUT2D eigenvalue weighted by Gasteiger charge is 2.16. The summed E-state index contributed by atoms with van der Waals surface area (Å²) in [6.07, 6.45) is 2.63. The zero-order valence-electron chi connectivity index (χ0n) is 13.0. The second-order valence-electron chi connectivity index (χ2n) is 5.06. The van der Waals surface area contributed by atoms with Crippen LogP contribution in [0.1, 0.15) is 30.8 Å². The third kappa shape index (κ3) is 5.17. The molecular weight excluding hydrogens is 252 g/mol. The van der Waals surface area contributed by atoms with Crippen LogP contribution >= 0.6 is 0 Å². The van der Waals surface area contributed by atoms with Gasteiger partial charge in [-0.15, -0.1) is 0 Å². The number of rotatable bonds is 8. The van der Waals surface area contributed by atoms with Crippen molar-refractivity contribution in [2.45, 2.75) is 20.3 Å². The zero-order valence-corrected chi connectivity index (χ0v) is 13.0. The number of aromatic nitrogens is 1. The summed E-state index contributed by atoms with van der Waals surface area (Å²) in [6, 6.07) is 3.70. The van der Waals surface area contributed by atoms with Crippen molar-refractivity contribution in [2.24, 2.45) is 0 Å². The van der Waals surface area contributed by atoms with Gasteiger partial charge in [0.1, 0.15) is 5.69 Å². The number of nitrogens with one attached hydrogen (secondary N) is 1. The number of pyridine rings is 1. The number of hydrogen-bond donors (Lipinski definition) is 1. The van der Waals surface area contributed by atoms with Gasteiger partial charge in [0.05, 0.1) is 0 Å². The van der Waals surface area contributed by atoms with E-state index in [4.69, 9.17) is 0 Å². The summed E-state index contributed by atoms with van der Waals surface area (Å²) in [4.78, 5) is 20.7. The average Bonchev–Trinajstić information content (AvgIpc) is 2.43. The Morgan fingerprint density at radius 1 is 1.25 bits per heavy atom. The quantitative estimate of drug-likeness (QED) is 0.789. The summed E-state index contributed by atoms with van der Waals surface area (Å²) < 4.78 is 0. The molecule has 0 spiro atoms. The van der Waals surface area contributed by atoms with Gasteiger partial charge in [-0.1, -0.05) is 6.92 Å². The Labute approximate surface area is 122 Å². The van der Waals surface area contributed by atoms with Crippen molar-refractivity contribution in [3.05, 3.63) is 24.0 Å². The average molecular weight is 278 g/mol. The normalized spacial score (nSPS) is 10.7. The van der Waals surface area contributed by atoms with Gasteiger partial charge in [0.2, 0.25) is 0 Å². The molecule has 0 aliphatic heterocycles. The highest BCUT2D eigenvalue weighted by molar-refractivity contribution is 5.93. The fraction of sp³-hybridized carbons (Fsp3) is 0.600. The lowest BCUT2D eigenvalue weighted by atomic mass is 10.2. The SMILES string of the molecule is CCCN(CCN(C)C)C(=O)c1cc(NCC)ccn1. The van der Waals surface area contributed by atoms with Gasteiger partial charge >= 0.3 is 0 Å². The van der Waals surface area contributed by atoms with E-state index in [1.807, 2.05) is 38.1 Å². The third-order valence-electron chi connectivity index (χ3n) is 2.96. The number of carbonyl (C=O) groups is 1. The van der Waals surface area contributed by atoms with E-state index in [-0.39, 0.29) is 5.91 Å². The number of anilines is 1. The molecule has 1 amide bonds. The van der Waals surface area contributed by atoms with Crippen LogP contribution in [-0.2, 0) is 0 Å². The van der Waals surface area contributed by atoms with Gasteiger partial charge in [0, 0.05) is 38.1 Å². The summed E-state index contributed by atoms with van der Waals surface area (Å²) in [5.74, 6) is 0.00783. The number of hydrogen-bond acceptors (Lipinski definition) is 4. The smallest absolute Gasteiger partial charge is 0.272 e. The van der Waals surface area contributed by atoms with E-state index >= 15 is 0 Å². The minimum absolute atomic E-state index is 0.00783. The zero-order chi connectivity index (χ0) is 15.0. The van der Waals surface area contributed by atoms with Gasteiger partial charge in [0.25, 0.3) is 5.91 Å². The first-order chi connectivity index (χ1) is 9.58. The molecule has 5 nitrogen and oxygen atoms in total. The molecule has 1 heterocycles. The first-order valence-corrected chi connectivity index (χ1v) is 7.22. The van der Waals surface area contributed by atoms with Gasteiger partial charge in [0.15, 0.2) is 0 Å². The Morgan fingerprint density at radius 2 is 2.00 bits per heavy atom. The van der Waals surface area contributed by atoms with Crippen molar-refractivity contribution in [1.29, 1.82) is 0 Å². The molecule has 20 heavy (non-hydrogen) atoms. The predicted molar refractivity (Wildman–Crippen MR) is 83.1 cm³/mol. The number of amides is 1. The maximum Gasteiger partial charge on any atom is 0.272 e. The Balaban J connectivity index is 2.79. The first-order valence-electron chi connectivity index (χ1n) is 7.22. The van der Waals surface area contributed by atoms with Crippen LogP contribution in [0.4, 0.5) is 5.69 Å². The fourth-order valence-corrected chi connectivity index (χ4v) is 1.93. The molecule has 0 unspecified atom stereocenters. The highest BCUT2D eigenvalue weighted by atomic mass is 16.2. The van der Waals surface area contributed by atoms with Crippen LogP contribution in [-0.4, -0.2) is 61.0 Å². The van der Waals surface area contributed by atoms with Gasteiger partial charge in [-0.25, -0.2) is 0 Å². The summed E-state index contributed by atoms with van der Waals surface area (Å²) >= 11 is 0. The second-order valence-corrected chi connectivity index (χ2v) is 5.06. The monoisotopic (exact) mass is 278 g/mol. The number of likely N-dealkylation sites (N-methyl/N-ethyl adjacent to an activating group) is 1. The molecule has 0 saturated carbocycles. The summed E-state index contributed by atoms with van der Waals surface area (Å²) in [5, 5.41) is 3.20. The van der Waals surface area contributed by atoms with Gasteiger partial charge < -0.3 is 15.1 Å². The van der Waals surface area contributed by atoms with Crippen LogP contribution in [0.2, 0.25) is 0 Å². The Bertz CT molecular complexity index is 420. The largest absolute Gasteiger partial charge is 0.385 e. The minimum Gasteiger partial charge on any atom is -0.385 e. The molecule has 5 heteroatoms. The van der Waals surface area contributed by atoms with Crippen molar-refractivity contribution in [1.82, 2.24) is 14.8 Å². The fourth-order valence-electron chi connectivity index (χ4n) is 1.93. The van der Waals surface area contributed by atoms with Crippen LogP contribution in [0, 0.1) is 0 Å². The van der Waals surface area contributed by atoms with E-state index in [1.54, 1.807) is 6.20 Å². The van der Waals surface area contributed by atoms with Crippen LogP contribution in [0.5, 0.6) is 0 Å². The standard InChI is InChI=1S/C15H26N4O/c1-5-9-19(11-10-18(3)4)15(20)14-12-13(16-6-2)7-8-17-14/h7-8,12H,5-6,9-11H2,1-4H3,(H,16,17). The van der Waals surface area contributed by atoms with E-state index in [2.05, 4.69) is 22.1 Å². The molecule has 0 aromatic carbocycles. The molecule has 0 bridgehead atoms. The van der Waals surface area contributed by atoms with Crippen LogP contribution < -0.4 is 5.32 Å². The molecular formula is C15H26N4O. The molecule has 0 aliphatic carbocycles. The Hall–Kier alpha value is -1.62. The van der Waals surface area contributed by atoms with E-state index in [9.17, 15) is 4.79 Å². The van der Waals surface area contributed by atoms with E-state index in [0.29, 0.717) is 5.69 Å². The molecule has 1 rings (SSSR count). The third-order valence-corrected chi connectivity index (χ3v) is 2.96. The van der Waals surface area contributed by atoms with Crippen molar-refractivity contribution in [3.63, 3.8) is 0 Å². The van der Waals surface area contributed by atoms with Gasteiger partial charge in [-0.3, -0.25) is 9.78 Å². The maximum atomic E-state index is 12.5. The van der Waals surface area contributed by atoms with Crippen molar-refractivity contribution >= 4 is 11.6 Å². The molecule has 0 atom stereocenters. The summed E-state index contributed by atoms with van der Waals surface area (Å²) in [5.41, 5.74) is 1.45. The molecule has 1 aromatic rings. The van der Waals surface area contributed by atoms with Crippen LogP contribution in [0.25, 0.3) is 0 Å². The Morgan fingerprint density at radius 3 is 2.60 bits per heavy atom. The molecule has 0 saturated heterocycles. The van der Waals surface area contributed by atoms with E-state index in [0.717, 1.165) is 38.3 Å². The number of carbonyl (C=O) groups excluding carboxylic acids is 1. The lowest BCUT2D eigenvalue weighted by Gasteiger charge is -2.23. The summed E-state index contributed by atoms with van der Waals surface area (Å²) in [7, 11) is 4.03. The number of nitrogens with zero attached hydrogens (tertiary/aromatic N) is 3. The van der Waals surface area contributed by atoms with Gasteiger partial charge in [-0.05, 0) is 39.6 Å². The van der Waals surface area contributed by atoms with Crippen LogP contribution in [0.15, 0.2) is 18.3 Å². The predicted octanol–water partition coefficient (Wildman–Crippen LogP) is 1.93. The van der Waals surface area contributed by atoms with Crippen molar-refractivity contribution < 1.29 is 4.79 Å². The maximum absolute atomic E-state index is 12.5. The molecule has 0 radical (unpaired) electrons. The minimum atomic E-state index is 0.00783. The summed E-state index contributed by atoms with van der Waals surface area (Å²) in [6.45, 7) is 7.29. The van der Waals surface area contributed by atoms with Crippen molar-refractivity contribution in [2.75, 3.05) is 45.6 Å².